The Morgan fingerprint density at radius 1 is 1.26 bits per heavy atom. The van der Waals surface area contributed by atoms with Crippen LogP contribution >= 0.6 is 11.6 Å². The van der Waals surface area contributed by atoms with Crippen molar-refractivity contribution in [1.29, 1.82) is 0 Å². The molecule has 7 heteroatoms. The number of halogens is 1. The Hall–Kier alpha value is -2.60. The van der Waals surface area contributed by atoms with Crippen molar-refractivity contribution in [1.82, 2.24) is 10.3 Å². The molecule has 2 N–H and O–H groups in total. The molecule has 0 saturated heterocycles. The van der Waals surface area contributed by atoms with E-state index in [0.717, 1.165) is 0 Å². The molecule has 2 aromatic rings. The number of aromatic amines is 1. The van der Waals surface area contributed by atoms with Crippen LogP contribution in [0.4, 0.5) is 0 Å². The Bertz CT molecular complexity index is 755. The van der Waals surface area contributed by atoms with Gasteiger partial charge in [0.1, 0.15) is 5.56 Å². The van der Waals surface area contributed by atoms with Crippen LogP contribution in [0.3, 0.4) is 0 Å². The van der Waals surface area contributed by atoms with Crippen LogP contribution in [-0.4, -0.2) is 24.0 Å². The number of carbonyl (C=O) groups is 2. The number of aromatic nitrogens is 1. The minimum Gasteiger partial charge on any atom is -0.469 e. The number of methoxy groups -OCH3 is 1. The third kappa shape index (κ3) is 4.43. The van der Waals surface area contributed by atoms with Crippen molar-refractivity contribution in [3.05, 3.63) is 69.1 Å². The average molecular weight is 335 g/mol. The molecule has 0 fully saturated rings. The molecule has 0 bridgehead atoms. The molecule has 1 unspecified atom stereocenters. The van der Waals surface area contributed by atoms with Crippen LogP contribution in [-0.2, 0) is 9.53 Å². The van der Waals surface area contributed by atoms with Crippen LogP contribution in [0.15, 0.2) is 47.4 Å². The number of hydrogen-bond acceptors (Lipinski definition) is 4. The van der Waals surface area contributed by atoms with Gasteiger partial charge < -0.3 is 15.0 Å². The Morgan fingerprint density at radius 3 is 2.57 bits per heavy atom. The maximum atomic E-state index is 12.3. The lowest BCUT2D eigenvalue weighted by Crippen LogP contribution is -2.33. The number of nitrogens with one attached hydrogen (secondary N) is 2. The molecule has 23 heavy (non-hydrogen) atoms. The highest BCUT2D eigenvalue weighted by atomic mass is 35.5. The van der Waals surface area contributed by atoms with Gasteiger partial charge in [0.2, 0.25) is 0 Å². The average Bonchev–Trinajstić information content (AvgIpc) is 2.55. The van der Waals surface area contributed by atoms with Crippen LogP contribution in [0.5, 0.6) is 0 Å². The van der Waals surface area contributed by atoms with Crippen molar-refractivity contribution in [2.45, 2.75) is 12.5 Å². The van der Waals surface area contributed by atoms with Gasteiger partial charge in [-0.2, -0.15) is 0 Å². The van der Waals surface area contributed by atoms with Crippen molar-refractivity contribution < 1.29 is 14.3 Å². The van der Waals surface area contributed by atoms with Gasteiger partial charge in [0.15, 0.2) is 0 Å². The van der Waals surface area contributed by atoms with Gasteiger partial charge in [-0.05, 0) is 29.8 Å². The van der Waals surface area contributed by atoms with Crippen molar-refractivity contribution in [3.63, 3.8) is 0 Å². The second kappa shape index (κ2) is 7.60. The number of rotatable bonds is 5. The minimum absolute atomic E-state index is 0.0312. The predicted molar refractivity (Wildman–Crippen MR) is 85.4 cm³/mol. The number of carbonyl (C=O) groups excluding carboxylic acids is 2. The van der Waals surface area contributed by atoms with Crippen LogP contribution in [0.2, 0.25) is 5.02 Å². The molecule has 1 aromatic heterocycles. The van der Waals surface area contributed by atoms with E-state index < -0.39 is 23.5 Å². The first-order valence-corrected chi connectivity index (χ1v) is 7.20. The second-order valence-corrected chi connectivity index (χ2v) is 5.21. The third-order valence-corrected chi connectivity index (χ3v) is 3.49. The number of amides is 1. The summed E-state index contributed by atoms with van der Waals surface area (Å²) in [4.78, 5) is 38.0. The van der Waals surface area contributed by atoms with Crippen molar-refractivity contribution in [2.75, 3.05) is 7.11 Å². The van der Waals surface area contributed by atoms with E-state index in [9.17, 15) is 14.4 Å². The Kier molecular flexibility index (Phi) is 5.54. The fourth-order valence-corrected chi connectivity index (χ4v) is 2.16. The standard InChI is InChI=1S/C16H15ClN2O4/c1-23-14(20)9-13(10-4-6-11(17)7-5-10)19-16(22)12-3-2-8-18-15(12)21/h2-8,13H,9H2,1H3,(H,18,21)(H,19,22). The molecule has 0 spiro atoms. The molecule has 0 radical (unpaired) electrons. The zero-order valence-electron chi connectivity index (χ0n) is 12.3. The van der Waals surface area contributed by atoms with E-state index in [1.807, 2.05) is 0 Å². The first-order valence-electron chi connectivity index (χ1n) is 6.82. The van der Waals surface area contributed by atoms with Crippen LogP contribution < -0.4 is 10.9 Å². The summed E-state index contributed by atoms with van der Waals surface area (Å²) >= 11 is 5.85. The quantitative estimate of drug-likeness (QED) is 0.819. The van der Waals surface area contributed by atoms with E-state index in [4.69, 9.17) is 11.6 Å². The first kappa shape index (κ1) is 16.8. The fraction of sp³-hybridized carbons (Fsp3) is 0.188. The van der Waals surface area contributed by atoms with Crippen molar-refractivity contribution >= 4 is 23.5 Å². The number of ether oxygens (including phenoxy) is 1. The molecule has 1 atom stereocenters. The maximum absolute atomic E-state index is 12.3. The normalized spacial score (nSPS) is 11.6. The number of esters is 1. The summed E-state index contributed by atoms with van der Waals surface area (Å²) in [6.07, 6.45) is 1.37. The Morgan fingerprint density at radius 2 is 1.96 bits per heavy atom. The molecule has 0 aliphatic rings. The lowest BCUT2D eigenvalue weighted by Gasteiger charge is -2.18. The van der Waals surface area contributed by atoms with Gasteiger partial charge in [-0.1, -0.05) is 23.7 Å². The molecule has 120 valence electrons. The molecule has 1 aromatic carbocycles. The van der Waals surface area contributed by atoms with Gasteiger partial charge in [0.25, 0.3) is 11.5 Å². The highest BCUT2D eigenvalue weighted by molar-refractivity contribution is 6.30. The summed E-state index contributed by atoms with van der Waals surface area (Å²) in [7, 11) is 1.27. The fourth-order valence-electron chi connectivity index (χ4n) is 2.03. The molecular weight excluding hydrogens is 320 g/mol. The van der Waals surface area contributed by atoms with Gasteiger partial charge in [-0.25, -0.2) is 0 Å². The highest BCUT2D eigenvalue weighted by Gasteiger charge is 2.21. The van der Waals surface area contributed by atoms with E-state index in [2.05, 4.69) is 15.0 Å². The van der Waals surface area contributed by atoms with E-state index in [1.54, 1.807) is 30.3 Å². The summed E-state index contributed by atoms with van der Waals surface area (Å²) in [5.41, 5.74) is 0.148. The summed E-state index contributed by atoms with van der Waals surface area (Å²) in [5, 5.41) is 3.21. The maximum Gasteiger partial charge on any atom is 0.307 e. The molecule has 1 heterocycles. The predicted octanol–water partition coefficient (Wildman–Crippen LogP) is 2.06. The molecule has 6 nitrogen and oxygen atoms in total. The van der Waals surface area contributed by atoms with Crippen LogP contribution in [0.25, 0.3) is 0 Å². The number of hydrogen-bond donors (Lipinski definition) is 2. The number of benzene rings is 1. The smallest absolute Gasteiger partial charge is 0.307 e. The Balaban J connectivity index is 2.25. The monoisotopic (exact) mass is 334 g/mol. The lowest BCUT2D eigenvalue weighted by atomic mass is 10.0. The van der Waals surface area contributed by atoms with Gasteiger partial charge in [0, 0.05) is 11.2 Å². The number of H-pyrrole nitrogens is 1. The lowest BCUT2D eigenvalue weighted by molar-refractivity contribution is -0.141. The van der Waals surface area contributed by atoms with Crippen molar-refractivity contribution in [2.24, 2.45) is 0 Å². The van der Waals surface area contributed by atoms with Gasteiger partial charge in [-0.3, -0.25) is 14.4 Å². The summed E-state index contributed by atoms with van der Waals surface area (Å²) < 4.78 is 4.65. The molecular formula is C16H15ClN2O4. The number of pyridine rings is 1. The van der Waals surface area contributed by atoms with E-state index in [1.165, 1.54) is 19.4 Å². The minimum atomic E-state index is -0.633. The molecule has 2 rings (SSSR count). The van der Waals surface area contributed by atoms with E-state index in [-0.39, 0.29) is 12.0 Å². The zero-order chi connectivity index (χ0) is 16.8. The summed E-state index contributed by atoms with van der Waals surface area (Å²) in [6.45, 7) is 0. The summed E-state index contributed by atoms with van der Waals surface area (Å²) in [6, 6.07) is 9.04. The topological polar surface area (TPSA) is 88.3 Å². The SMILES string of the molecule is COC(=O)CC(NC(=O)c1ccc[nH]c1=O)c1ccc(Cl)cc1. The first-order chi connectivity index (χ1) is 11.0. The van der Waals surface area contributed by atoms with E-state index >= 15 is 0 Å². The van der Waals surface area contributed by atoms with Crippen molar-refractivity contribution in [3.8, 4) is 0 Å². The molecule has 1 amide bonds. The molecule has 0 saturated carbocycles. The van der Waals surface area contributed by atoms with Gasteiger partial charge in [-0.15, -0.1) is 0 Å². The van der Waals surface area contributed by atoms with Crippen LogP contribution in [0, 0.1) is 0 Å². The zero-order valence-corrected chi connectivity index (χ0v) is 13.1. The summed E-state index contributed by atoms with van der Waals surface area (Å²) in [5.74, 6) is -1.05. The van der Waals surface area contributed by atoms with Crippen LogP contribution in [0.1, 0.15) is 28.4 Å². The molecule has 0 aliphatic heterocycles. The highest BCUT2D eigenvalue weighted by Crippen LogP contribution is 2.20. The van der Waals surface area contributed by atoms with E-state index in [0.29, 0.717) is 10.6 Å². The van der Waals surface area contributed by atoms with Gasteiger partial charge in [0.05, 0.1) is 19.6 Å². The largest absolute Gasteiger partial charge is 0.469 e. The second-order valence-electron chi connectivity index (χ2n) is 4.77. The van der Waals surface area contributed by atoms with Gasteiger partial charge >= 0.3 is 5.97 Å². The third-order valence-electron chi connectivity index (χ3n) is 3.24. The Labute approximate surface area is 137 Å². The molecule has 0 aliphatic carbocycles.